The molecule has 1 rings (SSSR count). The highest BCUT2D eigenvalue weighted by Crippen LogP contribution is 2.22. The first-order valence-corrected chi connectivity index (χ1v) is 7.32. The van der Waals surface area contributed by atoms with E-state index in [1.165, 1.54) is 6.42 Å². The molecule has 1 aliphatic carbocycles. The predicted molar refractivity (Wildman–Crippen MR) is 73.8 cm³/mol. The first kappa shape index (κ1) is 16.5. The van der Waals surface area contributed by atoms with Crippen LogP contribution in [0.3, 0.4) is 0 Å². The monoisotopic (exact) mass is 284 g/mol. The van der Waals surface area contributed by atoms with Gasteiger partial charge in [-0.1, -0.05) is 32.1 Å². The lowest BCUT2D eigenvalue weighted by atomic mass is 9.90. The third-order valence-corrected chi connectivity index (χ3v) is 3.77. The van der Waals surface area contributed by atoms with Crippen LogP contribution >= 0.6 is 0 Å². The number of primary amides is 1. The molecular weight excluding hydrogens is 260 g/mol. The van der Waals surface area contributed by atoms with Crippen molar-refractivity contribution in [1.82, 2.24) is 5.32 Å². The van der Waals surface area contributed by atoms with E-state index < -0.39 is 17.9 Å². The zero-order chi connectivity index (χ0) is 15.0. The summed E-state index contributed by atoms with van der Waals surface area (Å²) in [4.78, 5) is 33.9. The minimum Gasteiger partial charge on any atom is -0.480 e. The number of nitrogens with one attached hydrogen (secondary N) is 1. The molecule has 1 aliphatic rings. The highest BCUT2D eigenvalue weighted by molar-refractivity contribution is 5.85. The van der Waals surface area contributed by atoms with Gasteiger partial charge in [-0.2, -0.15) is 0 Å². The number of rotatable bonds is 6. The second-order valence-corrected chi connectivity index (χ2v) is 5.45. The van der Waals surface area contributed by atoms with Crippen LogP contribution < -0.4 is 11.1 Å². The van der Waals surface area contributed by atoms with Crippen LogP contribution in [0.15, 0.2) is 0 Å². The number of hydrogen-bond donors (Lipinski definition) is 3. The van der Waals surface area contributed by atoms with Crippen molar-refractivity contribution in [3.05, 3.63) is 0 Å². The van der Waals surface area contributed by atoms with Gasteiger partial charge < -0.3 is 16.2 Å². The molecule has 0 aromatic carbocycles. The SMILES string of the molecule is NC(=O)CC[C@H](NC(=O)C1CCCCCCC1)C(=O)O. The molecule has 1 atom stereocenters. The normalized spacial score (nSPS) is 18.6. The van der Waals surface area contributed by atoms with Crippen molar-refractivity contribution < 1.29 is 19.5 Å². The Balaban J connectivity index is 2.50. The van der Waals surface area contributed by atoms with Crippen molar-refractivity contribution in [2.75, 3.05) is 0 Å². The Bertz CT molecular complexity index is 349. The Labute approximate surface area is 119 Å². The lowest BCUT2D eigenvalue weighted by Gasteiger charge is -2.21. The summed E-state index contributed by atoms with van der Waals surface area (Å²) in [6.45, 7) is 0. The van der Waals surface area contributed by atoms with Gasteiger partial charge in [0.2, 0.25) is 11.8 Å². The molecule has 0 bridgehead atoms. The standard InChI is InChI=1S/C14H24N2O4/c15-12(17)9-8-11(14(19)20)16-13(18)10-6-4-2-1-3-5-7-10/h10-11H,1-9H2,(H2,15,17)(H,16,18)(H,19,20)/t11-/m0/s1. The maximum atomic E-state index is 12.1. The number of nitrogens with two attached hydrogens (primary N) is 1. The van der Waals surface area contributed by atoms with Crippen LogP contribution in [0.4, 0.5) is 0 Å². The molecule has 1 saturated carbocycles. The highest BCUT2D eigenvalue weighted by Gasteiger charge is 2.25. The molecule has 6 heteroatoms. The zero-order valence-electron chi connectivity index (χ0n) is 11.8. The minimum atomic E-state index is -1.12. The van der Waals surface area contributed by atoms with E-state index in [9.17, 15) is 14.4 Å². The summed E-state index contributed by atoms with van der Waals surface area (Å²) in [5.74, 6) is -1.99. The van der Waals surface area contributed by atoms with E-state index in [-0.39, 0.29) is 24.7 Å². The van der Waals surface area contributed by atoms with Crippen LogP contribution in [0, 0.1) is 5.92 Å². The Hall–Kier alpha value is -1.59. The van der Waals surface area contributed by atoms with Gasteiger partial charge in [-0.3, -0.25) is 9.59 Å². The maximum Gasteiger partial charge on any atom is 0.326 e. The fraction of sp³-hybridized carbons (Fsp3) is 0.786. The fourth-order valence-corrected chi connectivity index (χ4v) is 2.55. The van der Waals surface area contributed by atoms with Crippen molar-refractivity contribution in [3.8, 4) is 0 Å². The van der Waals surface area contributed by atoms with E-state index in [1.54, 1.807) is 0 Å². The number of amides is 2. The van der Waals surface area contributed by atoms with Gasteiger partial charge in [0.25, 0.3) is 0 Å². The topological polar surface area (TPSA) is 109 Å². The van der Waals surface area contributed by atoms with Crippen molar-refractivity contribution >= 4 is 17.8 Å². The molecule has 6 nitrogen and oxygen atoms in total. The zero-order valence-corrected chi connectivity index (χ0v) is 11.8. The van der Waals surface area contributed by atoms with Crippen molar-refractivity contribution in [1.29, 1.82) is 0 Å². The first-order valence-electron chi connectivity index (χ1n) is 7.32. The molecule has 0 unspecified atom stereocenters. The van der Waals surface area contributed by atoms with Gasteiger partial charge in [0.1, 0.15) is 6.04 Å². The summed E-state index contributed by atoms with van der Waals surface area (Å²) < 4.78 is 0. The molecule has 0 radical (unpaired) electrons. The molecule has 0 aromatic heterocycles. The Morgan fingerprint density at radius 3 is 2.15 bits per heavy atom. The van der Waals surface area contributed by atoms with E-state index in [0.29, 0.717) is 0 Å². The van der Waals surface area contributed by atoms with Gasteiger partial charge in [-0.15, -0.1) is 0 Å². The summed E-state index contributed by atoms with van der Waals surface area (Å²) in [5, 5.41) is 11.6. The van der Waals surface area contributed by atoms with E-state index in [2.05, 4.69) is 5.32 Å². The molecule has 2 amide bonds. The van der Waals surface area contributed by atoms with E-state index in [4.69, 9.17) is 10.8 Å². The number of carboxylic acids is 1. The lowest BCUT2D eigenvalue weighted by molar-refractivity contribution is -0.143. The van der Waals surface area contributed by atoms with E-state index >= 15 is 0 Å². The van der Waals surface area contributed by atoms with Crippen LogP contribution in [0.2, 0.25) is 0 Å². The molecule has 114 valence electrons. The summed E-state index contributed by atoms with van der Waals surface area (Å²) in [6, 6.07) is -1.03. The Morgan fingerprint density at radius 2 is 1.65 bits per heavy atom. The average molecular weight is 284 g/mol. The lowest BCUT2D eigenvalue weighted by Crippen LogP contribution is -2.44. The van der Waals surface area contributed by atoms with Gasteiger partial charge in [-0.05, 0) is 19.3 Å². The quantitative estimate of drug-likeness (QED) is 0.680. The molecule has 0 aromatic rings. The van der Waals surface area contributed by atoms with Crippen LogP contribution in [0.1, 0.15) is 57.8 Å². The number of hydrogen-bond acceptors (Lipinski definition) is 3. The van der Waals surface area contributed by atoms with Gasteiger partial charge in [0, 0.05) is 12.3 Å². The highest BCUT2D eigenvalue weighted by atomic mass is 16.4. The number of carbonyl (C=O) groups excluding carboxylic acids is 2. The van der Waals surface area contributed by atoms with E-state index in [0.717, 1.165) is 38.5 Å². The Morgan fingerprint density at radius 1 is 1.10 bits per heavy atom. The Kier molecular flexibility index (Phi) is 7.04. The maximum absolute atomic E-state index is 12.1. The number of carboxylic acid groups (broad SMARTS) is 1. The molecule has 0 saturated heterocycles. The van der Waals surface area contributed by atoms with Crippen LogP contribution in [-0.4, -0.2) is 28.9 Å². The molecule has 0 heterocycles. The fourth-order valence-electron chi connectivity index (χ4n) is 2.55. The second kappa shape index (κ2) is 8.55. The van der Waals surface area contributed by atoms with Gasteiger partial charge >= 0.3 is 5.97 Å². The minimum absolute atomic E-state index is 0.0398. The summed E-state index contributed by atoms with van der Waals surface area (Å²) in [7, 11) is 0. The second-order valence-electron chi connectivity index (χ2n) is 5.45. The van der Waals surface area contributed by atoms with Crippen LogP contribution in [0.25, 0.3) is 0 Å². The smallest absolute Gasteiger partial charge is 0.326 e. The van der Waals surface area contributed by atoms with Gasteiger partial charge in [0.05, 0.1) is 0 Å². The summed E-state index contributed by atoms with van der Waals surface area (Å²) in [5.41, 5.74) is 5.01. The largest absolute Gasteiger partial charge is 0.480 e. The first-order chi connectivity index (χ1) is 9.50. The van der Waals surface area contributed by atoms with Crippen molar-refractivity contribution in [2.24, 2.45) is 11.7 Å². The van der Waals surface area contributed by atoms with Crippen molar-refractivity contribution in [3.63, 3.8) is 0 Å². The third-order valence-electron chi connectivity index (χ3n) is 3.77. The molecule has 1 fully saturated rings. The van der Waals surface area contributed by atoms with Gasteiger partial charge in [-0.25, -0.2) is 4.79 Å². The number of aliphatic carboxylic acids is 1. The molecule has 20 heavy (non-hydrogen) atoms. The molecule has 0 aliphatic heterocycles. The average Bonchev–Trinajstić information content (AvgIpc) is 2.33. The molecule has 4 N–H and O–H groups in total. The summed E-state index contributed by atoms with van der Waals surface area (Å²) in [6.07, 6.45) is 7.13. The van der Waals surface area contributed by atoms with E-state index in [1.807, 2.05) is 0 Å². The van der Waals surface area contributed by atoms with Crippen LogP contribution in [0.5, 0.6) is 0 Å². The van der Waals surface area contributed by atoms with Crippen LogP contribution in [-0.2, 0) is 14.4 Å². The van der Waals surface area contributed by atoms with Crippen molar-refractivity contribution in [2.45, 2.75) is 63.8 Å². The number of carbonyl (C=O) groups is 3. The molecular formula is C14H24N2O4. The van der Waals surface area contributed by atoms with Gasteiger partial charge in [0.15, 0.2) is 0 Å². The summed E-state index contributed by atoms with van der Waals surface area (Å²) >= 11 is 0. The molecule has 0 spiro atoms. The third kappa shape index (κ3) is 6.04. The predicted octanol–water partition coefficient (Wildman–Crippen LogP) is 1.18.